The van der Waals surface area contributed by atoms with Crippen LogP contribution < -0.4 is 5.32 Å². The van der Waals surface area contributed by atoms with Crippen LogP contribution in [0.2, 0.25) is 0 Å². The van der Waals surface area contributed by atoms with Gasteiger partial charge in [-0.1, -0.05) is 0 Å². The zero-order valence-electron chi connectivity index (χ0n) is 11.5. The lowest BCUT2D eigenvalue weighted by Crippen LogP contribution is -2.26. The molecule has 2 heteroatoms. The van der Waals surface area contributed by atoms with Crippen molar-refractivity contribution in [1.82, 2.24) is 5.32 Å². The van der Waals surface area contributed by atoms with Crippen molar-refractivity contribution in [1.29, 1.82) is 0 Å². The van der Waals surface area contributed by atoms with E-state index in [1.165, 1.54) is 24.8 Å². The first-order chi connectivity index (χ1) is 8.60. The van der Waals surface area contributed by atoms with Gasteiger partial charge in [-0.25, -0.2) is 4.39 Å². The van der Waals surface area contributed by atoms with Gasteiger partial charge in [0.2, 0.25) is 0 Å². The number of fused-ring (bicyclic) bond motifs is 1. The highest BCUT2D eigenvalue weighted by molar-refractivity contribution is 5.37. The number of hydrogen-bond donors (Lipinski definition) is 1. The van der Waals surface area contributed by atoms with Crippen molar-refractivity contribution in [3.63, 3.8) is 0 Å². The second kappa shape index (κ2) is 4.34. The van der Waals surface area contributed by atoms with Crippen LogP contribution in [0.5, 0.6) is 0 Å². The quantitative estimate of drug-likeness (QED) is 0.857. The lowest BCUT2D eigenvalue weighted by atomic mass is 9.85. The summed E-state index contributed by atoms with van der Waals surface area (Å²) in [6, 6.07) is 3.74. The summed E-state index contributed by atoms with van der Waals surface area (Å²) in [7, 11) is 2.04. The summed E-state index contributed by atoms with van der Waals surface area (Å²) in [5, 5.41) is 3.48. The van der Waals surface area contributed by atoms with E-state index in [9.17, 15) is 4.39 Å². The molecule has 0 aliphatic heterocycles. The van der Waals surface area contributed by atoms with Gasteiger partial charge in [0.05, 0.1) is 0 Å². The molecule has 98 valence electrons. The maximum atomic E-state index is 13.4. The van der Waals surface area contributed by atoms with E-state index in [1.54, 1.807) is 12.1 Å². The largest absolute Gasteiger partial charge is 0.313 e. The van der Waals surface area contributed by atoms with E-state index in [2.05, 4.69) is 5.32 Å². The summed E-state index contributed by atoms with van der Waals surface area (Å²) >= 11 is 0. The molecular weight excluding hydrogens is 225 g/mol. The summed E-state index contributed by atoms with van der Waals surface area (Å²) < 4.78 is 13.4. The Kier molecular flexibility index (Phi) is 2.93. The van der Waals surface area contributed by atoms with Gasteiger partial charge in [-0.05, 0) is 86.7 Å². The number of halogens is 1. The second-order valence-corrected chi connectivity index (χ2v) is 6.21. The fourth-order valence-electron chi connectivity index (χ4n) is 4.06. The Balaban J connectivity index is 1.91. The third-order valence-corrected chi connectivity index (χ3v) is 4.93. The maximum absolute atomic E-state index is 13.4. The Bertz CT molecular complexity index is 435. The molecule has 18 heavy (non-hydrogen) atoms. The molecule has 0 heterocycles. The van der Waals surface area contributed by atoms with Crippen molar-refractivity contribution in [2.45, 2.75) is 39.2 Å². The summed E-state index contributed by atoms with van der Waals surface area (Å²) in [5.74, 6) is 2.61. The van der Waals surface area contributed by atoms with Gasteiger partial charge < -0.3 is 5.32 Å². The molecular formula is C16H22FN. The SMILES string of the molecule is CNC(c1c(C)cc(F)cc1C)C1CC2CC2C1. The van der Waals surface area contributed by atoms with Crippen LogP contribution in [-0.2, 0) is 0 Å². The van der Waals surface area contributed by atoms with Crippen LogP contribution in [0.1, 0.15) is 42.0 Å². The third-order valence-electron chi connectivity index (χ3n) is 4.93. The fraction of sp³-hybridized carbons (Fsp3) is 0.625. The van der Waals surface area contributed by atoms with E-state index >= 15 is 0 Å². The van der Waals surface area contributed by atoms with Crippen molar-refractivity contribution in [3.05, 3.63) is 34.6 Å². The van der Waals surface area contributed by atoms with Crippen molar-refractivity contribution in [2.75, 3.05) is 7.05 Å². The first-order valence-corrected chi connectivity index (χ1v) is 7.04. The van der Waals surface area contributed by atoms with Crippen LogP contribution >= 0.6 is 0 Å². The van der Waals surface area contributed by atoms with E-state index < -0.39 is 0 Å². The summed E-state index contributed by atoms with van der Waals surface area (Å²) in [4.78, 5) is 0. The van der Waals surface area contributed by atoms with Gasteiger partial charge in [0.25, 0.3) is 0 Å². The normalized spacial score (nSPS) is 31.2. The van der Waals surface area contributed by atoms with Crippen LogP contribution in [0.25, 0.3) is 0 Å². The molecule has 2 fully saturated rings. The van der Waals surface area contributed by atoms with Gasteiger partial charge in [-0.3, -0.25) is 0 Å². The summed E-state index contributed by atoms with van der Waals surface area (Å²) in [6.45, 7) is 4.07. The molecule has 3 unspecified atom stereocenters. The molecule has 2 aliphatic carbocycles. The minimum Gasteiger partial charge on any atom is -0.313 e. The van der Waals surface area contributed by atoms with E-state index in [4.69, 9.17) is 0 Å². The zero-order valence-corrected chi connectivity index (χ0v) is 11.5. The predicted octanol–water partition coefficient (Wildman–Crippen LogP) is 3.75. The van der Waals surface area contributed by atoms with Gasteiger partial charge in [0, 0.05) is 6.04 Å². The molecule has 3 atom stereocenters. The average molecular weight is 247 g/mol. The topological polar surface area (TPSA) is 12.0 Å². The molecule has 1 aromatic carbocycles. The summed E-state index contributed by atoms with van der Waals surface area (Å²) in [5.41, 5.74) is 3.50. The first kappa shape index (κ1) is 12.2. The zero-order chi connectivity index (χ0) is 12.9. The molecule has 1 N–H and O–H groups in total. The lowest BCUT2D eigenvalue weighted by molar-refractivity contribution is 0.357. The molecule has 2 aliphatic rings. The Morgan fingerprint density at radius 3 is 2.17 bits per heavy atom. The van der Waals surface area contributed by atoms with Crippen LogP contribution in [0, 0.1) is 37.4 Å². The standard InChI is InChI=1S/C16H22FN/c1-9-4-14(17)5-10(2)15(9)16(18-3)13-7-11-6-12(11)8-13/h4-5,11-13,16,18H,6-8H2,1-3H3. The first-order valence-electron chi connectivity index (χ1n) is 7.04. The second-order valence-electron chi connectivity index (χ2n) is 6.21. The molecule has 0 amide bonds. The third kappa shape index (κ3) is 1.97. The number of rotatable bonds is 3. The minimum atomic E-state index is -0.113. The van der Waals surface area contributed by atoms with Crippen LogP contribution in [0.3, 0.4) is 0 Å². The molecule has 0 bridgehead atoms. The highest BCUT2D eigenvalue weighted by Crippen LogP contribution is 2.57. The highest BCUT2D eigenvalue weighted by Gasteiger charge is 2.48. The van der Waals surface area contributed by atoms with Gasteiger partial charge >= 0.3 is 0 Å². The molecule has 3 rings (SSSR count). The van der Waals surface area contributed by atoms with Crippen LogP contribution in [0.4, 0.5) is 4.39 Å². The van der Waals surface area contributed by atoms with Crippen molar-refractivity contribution < 1.29 is 4.39 Å². The molecule has 0 radical (unpaired) electrons. The lowest BCUT2D eigenvalue weighted by Gasteiger charge is -2.28. The van der Waals surface area contributed by atoms with E-state index in [0.717, 1.165) is 28.9 Å². The average Bonchev–Trinajstić information content (AvgIpc) is 2.90. The molecule has 1 nitrogen and oxygen atoms in total. The van der Waals surface area contributed by atoms with Crippen molar-refractivity contribution in [2.24, 2.45) is 17.8 Å². The van der Waals surface area contributed by atoms with Gasteiger partial charge in [0.15, 0.2) is 0 Å². The van der Waals surface area contributed by atoms with Crippen LogP contribution in [-0.4, -0.2) is 7.05 Å². The van der Waals surface area contributed by atoms with Crippen molar-refractivity contribution in [3.8, 4) is 0 Å². The Morgan fingerprint density at radius 1 is 1.11 bits per heavy atom. The molecule has 0 aromatic heterocycles. The minimum absolute atomic E-state index is 0.113. The number of aryl methyl sites for hydroxylation is 2. The van der Waals surface area contributed by atoms with Gasteiger partial charge in [-0.15, -0.1) is 0 Å². The van der Waals surface area contributed by atoms with E-state index in [-0.39, 0.29) is 5.82 Å². The predicted molar refractivity (Wildman–Crippen MR) is 72.0 cm³/mol. The fourth-order valence-corrected chi connectivity index (χ4v) is 4.06. The number of benzene rings is 1. The molecule has 2 saturated carbocycles. The molecule has 0 saturated heterocycles. The highest BCUT2D eigenvalue weighted by atomic mass is 19.1. The smallest absolute Gasteiger partial charge is 0.123 e. The number of nitrogens with one attached hydrogen (secondary N) is 1. The van der Waals surface area contributed by atoms with Gasteiger partial charge in [-0.2, -0.15) is 0 Å². The number of hydrogen-bond acceptors (Lipinski definition) is 1. The van der Waals surface area contributed by atoms with Gasteiger partial charge in [0.1, 0.15) is 5.82 Å². The molecule has 1 aromatic rings. The molecule has 0 spiro atoms. The Morgan fingerprint density at radius 2 is 1.67 bits per heavy atom. The monoisotopic (exact) mass is 247 g/mol. The van der Waals surface area contributed by atoms with E-state index in [0.29, 0.717) is 6.04 Å². The van der Waals surface area contributed by atoms with E-state index in [1.807, 2.05) is 20.9 Å². The van der Waals surface area contributed by atoms with Crippen molar-refractivity contribution >= 4 is 0 Å². The summed E-state index contributed by atoms with van der Waals surface area (Å²) in [6.07, 6.45) is 4.16. The Hall–Kier alpha value is -0.890. The maximum Gasteiger partial charge on any atom is 0.123 e. The Labute approximate surface area is 109 Å². The van der Waals surface area contributed by atoms with Crippen LogP contribution in [0.15, 0.2) is 12.1 Å².